The van der Waals surface area contributed by atoms with E-state index < -0.39 is 26.8 Å². The zero-order chi connectivity index (χ0) is 38.6. The SMILES string of the molecule is CCO[C@]1(CN2CCN(C3COC3)CC2)/C=C/C[C@H](C)[C@@H](COC)S(=O)(=O)NC(=O)c2ccc3c(c2)N(CCCCc2cc(Cl)ccc2CO3)C[C@@H]2CC[C@H]21. The number of hydrogen-bond acceptors (Lipinski definition) is 10. The molecule has 3 fully saturated rings. The number of nitrogens with zero attached hydrogens (tertiary/aromatic N) is 3. The molecule has 0 spiro atoms. The standard InChI is InChI=1S/C42H59ClN4O7S/c1-4-54-42(29-45-18-20-46(21-19-45)36-26-52-27-36)16-7-8-30(2)40(28-51-3)55(49,50)44-41(48)32-12-15-39-38(23-32)47(24-33-11-14-37(33)42)17-6-5-9-31-22-35(43)13-10-34(31)25-53-39/h7,10,12-13,15-16,22-23,30,33,36-37,40H,4-6,8-9,11,14,17-21,24-29H2,1-3H3,(H,44,48)/b16-7+/t30-,33-,37+,40+,42-/m0/s1. The van der Waals surface area contributed by atoms with Crippen LogP contribution >= 0.6 is 11.6 Å². The van der Waals surface area contributed by atoms with Gasteiger partial charge in [0.2, 0.25) is 10.0 Å². The molecule has 55 heavy (non-hydrogen) atoms. The number of methoxy groups -OCH3 is 1. The maximum atomic E-state index is 13.9. The van der Waals surface area contributed by atoms with Gasteiger partial charge in [-0.2, -0.15) is 0 Å². The van der Waals surface area contributed by atoms with E-state index in [0.717, 1.165) is 102 Å². The molecule has 2 saturated heterocycles. The number of amides is 1. The van der Waals surface area contributed by atoms with Crippen LogP contribution in [-0.4, -0.2) is 120 Å². The third-order valence-electron chi connectivity index (χ3n) is 12.7. The van der Waals surface area contributed by atoms with Crippen LogP contribution in [0.25, 0.3) is 0 Å². The Morgan fingerprint density at radius 3 is 2.55 bits per heavy atom. The zero-order valence-electron chi connectivity index (χ0n) is 32.7. The second-order valence-electron chi connectivity index (χ2n) is 16.2. The molecule has 2 aromatic rings. The molecule has 0 aromatic heterocycles. The fourth-order valence-corrected chi connectivity index (χ4v) is 11.0. The van der Waals surface area contributed by atoms with Gasteiger partial charge in [-0.05, 0) is 105 Å². The summed E-state index contributed by atoms with van der Waals surface area (Å²) in [6, 6.07) is 11.8. The fourth-order valence-electron chi connectivity index (χ4n) is 9.25. The quantitative estimate of drug-likeness (QED) is 0.359. The molecular formula is C42H59ClN4O7S. The molecular weight excluding hydrogens is 740 g/mol. The first-order valence-electron chi connectivity index (χ1n) is 20.3. The Hall–Kier alpha value is -2.71. The van der Waals surface area contributed by atoms with Crippen LogP contribution in [-0.2, 0) is 37.3 Å². The van der Waals surface area contributed by atoms with E-state index in [1.807, 2.05) is 37.3 Å². The van der Waals surface area contributed by atoms with Gasteiger partial charge in [-0.25, -0.2) is 13.1 Å². The van der Waals surface area contributed by atoms with Crippen molar-refractivity contribution in [3.63, 3.8) is 0 Å². The number of nitrogens with one attached hydrogen (secondary N) is 1. The van der Waals surface area contributed by atoms with Crippen molar-refractivity contribution in [1.82, 2.24) is 14.5 Å². The monoisotopic (exact) mass is 798 g/mol. The lowest BCUT2D eigenvalue weighted by Crippen LogP contribution is -2.61. The van der Waals surface area contributed by atoms with Crippen molar-refractivity contribution in [2.75, 3.05) is 84.3 Å². The van der Waals surface area contributed by atoms with E-state index in [1.54, 1.807) is 6.07 Å². The minimum atomic E-state index is -4.11. The minimum absolute atomic E-state index is 0.0340. The van der Waals surface area contributed by atoms with Crippen molar-refractivity contribution in [3.05, 3.63) is 70.3 Å². The Kier molecular flexibility index (Phi) is 13.1. The van der Waals surface area contributed by atoms with Crippen molar-refractivity contribution in [1.29, 1.82) is 0 Å². The van der Waals surface area contributed by atoms with Crippen molar-refractivity contribution < 1.29 is 32.2 Å². The predicted octanol–water partition coefficient (Wildman–Crippen LogP) is 5.55. The minimum Gasteiger partial charge on any atom is -0.487 e. The number of ether oxygens (including phenoxy) is 4. The number of piperazine rings is 1. The molecule has 7 rings (SSSR count). The average molecular weight is 799 g/mol. The molecule has 13 heteroatoms. The highest BCUT2D eigenvalue weighted by atomic mass is 35.5. The van der Waals surface area contributed by atoms with E-state index in [4.69, 9.17) is 30.5 Å². The molecule has 0 radical (unpaired) electrons. The van der Waals surface area contributed by atoms with Crippen molar-refractivity contribution in [3.8, 4) is 5.75 Å². The van der Waals surface area contributed by atoms with Gasteiger partial charge in [0.1, 0.15) is 23.2 Å². The van der Waals surface area contributed by atoms with Crippen molar-refractivity contribution in [2.45, 2.75) is 75.9 Å². The van der Waals surface area contributed by atoms with Gasteiger partial charge in [-0.1, -0.05) is 36.7 Å². The van der Waals surface area contributed by atoms with E-state index in [1.165, 1.54) is 12.7 Å². The number of carbonyl (C=O) groups is 1. The van der Waals surface area contributed by atoms with Gasteiger partial charge in [0.05, 0.1) is 31.5 Å². The number of aryl methyl sites for hydroxylation is 1. The molecule has 5 atom stereocenters. The summed E-state index contributed by atoms with van der Waals surface area (Å²) in [5.41, 5.74) is 2.80. The van der Waals surface area contributed by atoms with E-state index in [2.05, 4.69) is 38.5 Å². The largest absolute Gasteiger partial charge is 0.487 e. The van der Waals surface area contributed by atoms with Crippen LogP contribution in [0, 0.1) is 17.8 Å². The van der Waals surface area contributed by atoms with Crippen molar-refractivity contribution in [2.24, 2.45) is 17.8 Å². The molecule has 1 saturated carbocycles. The first-order valence-corrected chi connectivity index (χ1v) is 22.2. The number of fused-ring (bicyclic) bond motifs is 3. The number of sulfonamides is 1. The molecule has 302 valence electrons. The second kappa shape index (κ2) is 17.8. The van der Waals surface area contributed by atoms with Gasteiger partial charge >= 0.3 is 0 Å². The van der Waals surface area contributed by atoms with E-state index in [-0.39, 0.29) is 24.0 Å². The van der Waals surface area contributed by atoms with Gasteiger partial charge in [-0.3, -0.25) is 14.6 Å². The summed E-state index contributed by atoms with van der Waals surface area (Å²) >= 11 is 6.42. The summed E-state index contributed by atoms with van der Waals surface area (Å²) in [7, 11) is -2.61. The molecule has 0 unspecified atom stereocenters. The molecule has 11 nitrogen and oxygen atoms in total. The number of halogens is 1. The highest BCUT2D eigenvalue weighted by Crippen LogP contribution is 2.47. The number of carbonyl (C=O) groups excluding carboxylic acids is 1. The van der Waals surface area contributed by atoms with Crippen LogP contribution in [0.3, 0.4) is 0 Å². The molecule has 1 amide bonds. The summed E-state index contributed by atoms with van der Waals surface area (Å²) in [4.78, 5) is 21.3. The second-order valence-corrected chi connectivity index (χ2v) is 18.5. The van der Waals surface area contributed by atoms with E-state index in [0.29, 0.717) is 42.4 Å². The van der Waals surface area contributed by atoms with Gasteiger partial charge in [-0.15, -0.1) is 0 Å². The summed E-state index contributed by atoms with van der Waals surface area (Å²) in [5, 5.41) is -0.223. The third kappa shape index (κ3) is 9.21. The lowest BCUT2D eigenvalue weighted by molar-refractivity contribution is -0.119. The summed E-state index contributed by atoms with van der Waals surface area (Å²) in [6.45, 7) is 12.8. The molecule has 1 N–H and O–H groups in total. The lowest BCUT2D eigenvalue weighted by atomic mass is 9.63. The maximum absolute atomic E-state index is 13.9. The normalized spacial score (nSPS) is 30.3. The molecule has 2 aromatic carbocycles. The van der Waals surface area contributed by atoms with Crippen molar-refractivity contribution >= 4 is 33.2 Å². The first-order chi connectivity index (χ1) is 26.6. The highest BCUT2D eigenvalue weighted by molar-refractivity contribution is 7.90. The Labute approximate surface area is 332 Å². The molecule has 2 bridgehead atoms. The number of benzene rings is 2. The van der Waals surface area contributed by atoms with E-state index in [9.17, 15) is 13.2 Å². The first kappa shape index (κ1) is 40.5. The molecule has 4 aliphatic heterocycles. The van der Waals surface area contributed by atoms with Crippen LogP contribution in [0.4, 0.5) is 5.69 Å². The lowest BCUT2D eigenvalue weighted by Gasteiger charge is -2.52. The Morgan fingerprint density at radius 1 is 1.02 bits per heavy atom. The molecule has 1 aliphatic carbocycles. The number of rotatable bonds is 7. The smallest absolute Gasteiger partial charge is 0.264 e. The highest BCUT2D eigenvalue weighted by Gasteiger charge is 2.49. The molecule has 4 heterocycles. The Morgan fingerprint density at radius 2 is 1.84 bits per heavy atom. The Balaban J connectivity index is 1.26. The zero-order valence-corrected chi connectivity index (χ0v) is 34.3. The summed E-state index contributed by atoms with van der Waals surface area (Å²) < 4.78 is 54.8. The summed E-state index contributed by atoms with van der Waals surface area (Å²) in [5.74, 6) is 0.269. The predicted molar refractivity (Wildman–Crippen MR) is 216 cm³/mol. The maximum Gasteiger partial charge on any atom is 0.264 e. The molecule has 5 aliphatic rings. The number of allylic oxidation sites excluding steroid dienone is 1. The average Bonchev–Trinajstić information content (AvgIpc) is 3.15. The topological polar surface area (TPSA) is 110 Å². The van der Waals surface area contributed by atoms with Crippen LogP contribution in [0.15, 0.2) is 48.6 Å². The van der Waals surface area contributed by atoms with Gasteiger partial charge in [0.15, 0.2) is 0 Å². The van der Waals surface area contributed by atoms with Crippen LogP contribution < -0.4 is 14.4 Å². The fraction of sp³-hybridized carbons (Fsp3) is 0.643. The van der Waals surface area contributed by atoms with E-state index >= 15 is 0 Å². The third-order valence-corrected chi connectivity index (χ3v) is 14.8. The van der Waals surface area contributed by atoms with Crippen LogP contribution in [0.1, 0.15) is 67.4 Å². The van der Waals surface area contributed by atoms with Crippen LogP contribution in [0.2, 0.25) is 5.02 Å². The van der Waals surface area contributed by atoms with Crippen LogP contribution in [0.5, 0.6) is 5.75 Å². The number of hydrogen-bond donors (Lipinski definition) is 1. The van der Waals surface area contributed by atoms with Gasteiger partial charge in [0, 0.05) is 70.1 Å². The van der Waals surface area contributed by atoms with Gasteiger partial charge in [0.25, 0.3) is 5.91 Å². The van der Waals surface area contributed by atoms with Gasteiger partial charge < -0.3 is 23.8 Å². The Bertz CT molecular complexity index is 1780. The number of anilines is 1. The summed E-state index contributed by atoms with van der Waals surface area (Å²) in [6.07, 6.45) is 9.80.